The van der Waals surface area contributed by atoms with Crippen molar-refractivity contribution in [2.45, 2.75) is 32.0 Å². The second-order valence-electron chi connectivity index (χ2n) is 6.38. The third kappa shape index (κ3) is 4.23. The Kier molecular flexibility index (Phi) is 4.85. The topological polar surface area (TPSA) is 101 Å². The number of pyridine rings is 1. The number of aliphatic carboxylic acids is 1. The molecule has 3 rings (SSSR count). The second-order valence-corrected chi connectivity index (χ2v) is 6.38. The van der Waals surface area contributed by atoms with Gasteiger partial charge in [-0.1, -0.05) is 12.1 Å². The summed E-state index contributed by atoms with van der Waals surface area (Å²) in [6, 6.07) is 1.95. The molecular weight excluding hydrogens is 367 g/mol. The largest absolute Gasteiger partial charge is 0.481 e. The molecule has 1 aliphatic carbocycles. The summed E-state index contributed by atoms with van der Waals surface area (Å²) < 4.78 is 38.9. The number of rotatable bonds is 6. The highest BCUT2D eigenvalue weighted by Crippen LogP contribution is 2.30. The number of carbonyl (C=O) groups excluding carboxylic acids is 1. The number of alkyl halides is 3. The Morgan fingerprint density at radius 2 is 2.07 bits per heavy atom. The van der Waals surface area contributed by atoms with E-state index in [2.05, 4.69) is 15.3 Å². The summed E-state index contributed by atoms with van der Waals surface area (Å²) in [4.78, 5) is 28.9. The maximum Gasteiger partial charge on any atom is 0.417 e. The van der Waals surface area contributed by atoms with Gasteiger partial charge in [-0.25, -0.2) is 9.67 Å². The Morgan fingerprint density at radius 3 is 2.59 bits per heavy atom. The minimum absolute atomic E-state index is 0.0267. The summed E-state index contributed by atoms with van der Waals surface area (Å²) in [6.07, 6.45) is -0.998. The molecule has 0 radical (unpaired) electrons. The van der Waals surface area contributed by atoms with E-state index in [1.807, 2.05) is 0 Å². The first-order valence-electron chi connectivity index (χ1n) is 8.16. The zero-order valence-corrected chi connectivity index (χ0v) is 14.2. The maximum atomic E-state index is 12.7. The van der Waals surface area contributed by atoms with Crippen LogP contribution in [0.4, 0.5) is 13.2 Å². The van der Waals surface area contributed by atoms with Crippen LogP contribution in [0, 0.1) is 5.92 Å². The number of carboxylic acids is 1. The van der Waals surface area contributed by atoms with Crippen LogP contribution < -0.4 is 0 Å². The van der Waals surface area contributed by atoms with Crippen molar-refractivity contribution in [3.05, 3.63) is 35.8 Å². The molecule has 2 heterocycles. The fraction of sp³-hybridized carbons (Fsp3) is 0.438. The molecule has 0 aromatic carbocycles. The van der Waals surface area contributed by atoms with Gasteiger partial charge in [-0.3, -0.25) is 9.59 Å². The molecule has 11 heteroatoms. The summed E-state index contributed by atoms with van der Waals surface area (Å²) in [6.45, 7) is 1.55. The van der Waals surface area contributed by atoms with Crippen molar-refractivity contribution in [1.29, 1.82) is 0 Å². The Morgan fingerprint density at radius 1 is 1.37 bits per heavy atom. The molecular formula is C16H16F3N5O3. The van der Waals surface area contributed by atoms with Gasteiger partial charge >= 0.3 is 12.1 Å². The minimum Gasteiger partial charge on any atom is -0.481 e. The molecule has 1 N–H and O–H groups in total. The fourth-order valence-electron chi connectivity index (χ4n) is 2.47. The molecule has 0 aliphatic heterocycles. The number of amides is 1. The molecule has 8 nitrogen and oxygen atoms in total. The van der Waals surface area contributed by atoms with Crippen molar-refractivity contribution in [2.24, 2.45) is 5.92 Å². The first-order valence-corrected chi connectivity index (χ1v) is 8.16. The molecule has 0 spiro atoms. The van der Waals surface area contributed by atoms with Crippen LogP contribution in [0.1, 0.15) is 35.8 Å². The van der Waals surface area contributed by atoms with Crippen LogP contribution in [0.25, 0.3) is 5.82 Å². The Labute approximate surface area is 151 Å². The summed E-state index contributed by atoms with van der Waals surface area (Å²) in [5.74, 6) is -2.14. The molecule has 1 amide bonds. The number of halogens is 3. The summed E-state index contributed by atoms with van der Waals surface area (Å²) >= 11 is 0. The van der Waals surface area contributed by atoms with Gasteiger partial charge in [-0.05, 0) is 25.0 Å². The van der Waals surface area contributed by atoms with E-state index in [0.717, 1.165) is 29.7 Å². The highest BCUT2D eigenvalue weighted by molar-refractivity contribution is 5.92. The quantitative estimate of drug-likeness (QED) is 0.819. The van der Waals surface area contributed by atoms with Crippen molar-refractivity contribution in [3.63, 3.8) is 0 Å². The maximum absolute atomic E-state index is 12.7. The molecule has 0 bridgehead atoms. The van der Waals surface area contributed by atoms with E-state index in [1.54, 1.807) is 0 Å². The van der Waals surface area contributed by atoms with Crippen LogP contribution in [0.2, 0.25) is 0 Å². The number of hydrogen-bond donors (Lipinski definition) is 1. The van der Waals surface area contributed by atoms with E-state index in [-0.39, 0.29) is 24.1 Å². The smallest absolute Gasteiger partial charge is 0.417 e. The van der Waals surface area contributed by atoms with E-state index < -0.39 is 29.5 Å². The van der Waals surface area contributed by atoms with E-state index in [1.165, 1.54) is 18.0 Å². The first kappa shape index (κ1) is 18.8. The van der Waals surface area contributed by atoms with Gasteiger partial charge in [0.25, 0.3) is 5.91 Å². The molecule has 1 atom stereocenters. The van der Waals surface area contributed by atoms with Gasteiger partial charge in [-0.15, -0.1) is 5.10 Å². The van der Waals surface area contributed by atoms with Gasteiger partial charge in [0, 0.05) is 18.8 Å². The molecule has 144 valence electrons. The molecule has 2 aromatic rings. The van der Waals surface area contributed by atoms with Crippen molar-refractivity contribution in [1.82, 2.24) is 24.9 Å². The normalized spacial score (nSPS) is 15.4. The van der Waals surface area contributed by atoms with Crippen LogP contribution in [0.5, 0.6) is 0 Å². The summed E-state index contributed by atoms with van der Waals surface area (Å²) in [7, 11) is 0. The molecule has 1 aliphatic rings. The zero-order chi connectivity index (χ0) is 19.8. The lowest BCUT2D eigenvalue weighted by atomic mass is 10.1. The molecule has 1 fully saturated rings. The third-order valence-electron chi connectivity index (χ3n) is 4.16. The van der Waals surface area contributed by atoms with Gasteiger partial charge in [0.1, 0.15) is 0 Å². The molecule has 0 saturated heterocycles. The monoisotopic (exact) mass is 383 g/mol. The lowest BCUT2D eigenvalue weighted by Crippen LogP contribution is -2.38. The average Bonchev–Trinajstić information content (AvgIpc) is 3.33. The predicted molar refractivity (Wildman–Crippen MR) is 85.0 cm³/mol. The van der Waals surface area contributed by atoms with Gasteiger partial charge < -0.3 is 10.0 Å². The van der Waals surface area contributed by atoms with Crippen molar-refractivity contribution < 1.29 is 27.9 Å². The van der Waals surface area contributed by atoms with E-state index in [0.29, 0.717) is 6.20 Å². The SMILES string of the molecule is CC(CN(C(=O)c1cn(-c2ccc(C(F)(F)F)cn2)nn1)C1CC1)C(=O)O. The average molecular weight is 383 g/mol. The van der Waals surface area contributed by atoms with Gasteiger partial charge in [0.2, 0.25) is 0 Å². The lowest BCUT2D eigenvalue weighted by molar-refractivity contribution is -0.141. The molecule has 1 saturated carbocycles. The number of carboxylic acid groups (broad SMARTS) is 1. The van der Waals surface area contributed by atoms with Crippen LogP contribution >= 0.6 is 0 Å². The van der Waals surface area contributed by atoms with Crippen LogP contribution in [-0.4, -0.2) is 54.4 Å². The third-order valence-corrected chi connectivity index (χ3v) is 4.16. The molecule has 1 unspecified atom stereocenters. The molecule has 27 heavy (non-hydrogen) atoms. The number of nitrogens with zero attached hydrogens (tertiary/aromatic N) is 5. The van der Waals surface area contributed by atoms with Gasteiger partial charge in [-0.2, -0.15) is 13.2 Å². The van der Waals surface area contributed by atoms with E-state index >= 15 is 0 Å². The Bertz CT molecular complexity index is 846. The number of aromatic nitrogens is 4. The van der Waals surface area contributed by atoms with Crippen molar-refractivity contribution in [3.8, 4) is 5.82 Å². The summed E-state index contributed by atoms with van der Waals surface area (Å²) in [5, 5.41) is 16.6. The zero-order valence-electron chi connectivity index (χ0n) is 14.2. The Balaban J connectivity index is 1.77. The minimum atomic E-state index is -4.50. The molecule has 2 aromatic heterocycles. The van der Waals surface area contributed by atoms with Crippen molar-refractivity contribution >= 4 is 11.9 Å². The lowest BCUT2D eigenvalue weighted by Gasteiger charge is -2.23. The number of hydrogen-bond acceptors (Lipinski definition) is 5. The highest BCUT2D eigenvalue weighted by atomic mass is 19.4. The van der Waals surface area contributed by atoms with E-state index in [4.69, 9.17) is 5.11 Å². The fourth-order valence-corrected chi connectivity index (χ4v) is 2.47. The van der Waals surface area contributed by atoms with Crippen LogP contribution in [-0.2, 0) is 11.0 Å². The van der Waals surface area contributed by atoms with Crippen LogP contribution in [0.15, 0.2) is 24.5 Å². The highest BCUT2D eigenvalue weighted by Gasteiger charge is 2.36. The van der Waals surface area contributed by atoms with E-state index in [9.17, 15) is 22.8 Å². The number of carbonyl (C=O) groups is 2. The predicted octanol–water partition coefficient (Wildman–Crippen LogP) is 2.01. The van der Waals surface area contributed by atoms with Gasteiger partial charge in [0.05, 0.1) is 17.7 Å². The Hall–Kier alpha value is -2.98. The van der Waals surface area contributed by atoms with Gasteiger partial charge in [0.15, 0.2) is 11.5 Å². The summed E-state index contributed by atoms with van der Waals surface area (Å²) in [5.41, 5.74) is -0.925. The second kappa shape index (κ2) is 6.97. The van der Waals surface area contributed by atoms with Crippen LogP contribution in [0.3, 0.4) is 0 Å². The van der Waals surface area contributed by atoms with Crippen molar-refractivity contribution in [2.75, 3.05) is 6.54 Å². The standard InChI is InChI=1S/C16H16F3N5O3/c1-9(15(26)27)7-23(11-3-4-11)14(25)12-8-24(22-21-12)13-5-2-10(6-20-13)16(17,18)19/h2,5-6,8-9,11H,3-4,7H2,1H3,(H,26,27). The first-order chi connectivity index (χ1) is 12.7.